The van der Waals surface area contributed by atoms with Crippen molar-refractivity contribution in [3.8, 4) is 0 Å². The molecule has 2 aromatic rings. The van der Waals surface area contributed by atoms with Crippen molar-refractivity contribution in [2.75, 3.05) is 25.0 Å². The number of pyridine rings is 2. The Labute approximate surface area is 217 Å². The normalized spacial score (nSPS) is 21.3. The fourth-order valence-electron chi connectivity index (χ4n) is 3.98. The maximum absolute atomic E-state index is 13.8. The number of hydrogen-bond donors (Lipinski definition) is 3. The summed E-state index contributed by atoms with van der Waals surface area (Å²) in [6.45, 7) is 3.47. The molecular formula is C23H25F7N4O5. The maximum Gasteiger partial charge on any atom is 0.490 e. The number of nitrogens with one attached hydrogen (secondary N) is 1. The van der Waals surface area contributed by atoms with Gasteiger partial charge in [0.05, 0.1) is 18.2 Å². The number of aliphatic carboxylic acids is 2. The van der Waals surface area contributed by atoms with Crippen molar-refractivity contribution in [3.63, 3.8) is 0 Å². The van der Waals surface area contributed by atoms with E-state index in [9.17, 15) is 30.7 Å². The zero-order valence-corrected chi connectivity index (χ0v) is 20.2. The Morgan fingerprint density at radius 3 is 2.23 bits per heavy atom. The van der Waals surface area contributed by atoms with Crippen LogP contribution in [-0.2, 0) is 20.9 Å². The van der Waals surface area contributed by atoms with Gasteiger partial charge in [0.2, 0.25) is 0 Å². The highest BCUT2D eigenvalue weighted by atomic mass is 19.4. The molecule has 216 valence electrons. The molecule has 0 amide bonds. The third kappa shape index (κ3) is 10.6. The van der Waals surface area contributed by atoms with E-state index in [4.69, 9.17) is 24.5 Å². The van der Waals surface area contributed by atoms with Gasteiger partial charge in [0, 0.05) is 38.1 Å². The fourth-order valence-corrected chi connectivity index (χ4v) is 3.98. The van der Waals surface area contributed by atoms with E-state index in [1.807, 2.05) is 12.3 Å². The van der Waals surface area contributed by atoms with Crippen LogP contribution in [0.15, 0.2) is 42.9 Å². The molecule has 2 aliphatic heterocycles. The number of carboxylic acid groups (broad SMARTS) is 2. The number of carbonyl (C=O) groups is 2. The molecule has 0 bridgehead atoms. The van der Waals surface area contributed by atoms with Crippen molar-refractivity contribution in [1.82, 2.24) is 14.9 Å². The first-order valence-corrected chi connectivity index (χ1v) is 11.3. The molecule has 9 nitrogen and oxygen atoms in total. The van der Waals surface area contributed by atoms with E-state index in [-0.39, 0.29) is 17.5 Å². The number of alkyl halides is 6. The maximum atomic E-state index is 13.8. The first-order valence-electron chi connectivity index (χ1n) is 11.3. The van der Waals surface area contributed by atoms with Crippen molar-refractivity contribution >= 4 is 17.8 Å². The predicted octanol–water partition coefficient (Wildman–Crippen LogP) is 4.12. The molecule has 39 heavy (non-hydrogen) atoms. The average molecular weight is 570 g/mol. The lowest BCUT2D eigenvalue weighted by atomic mass is 9.88. The lowest BCUT2D eigenvalue weighted by Gasteiger charge is -2.39. The second kappa shape index (κ2) is 13.5. The van der Waals surface area contributed by atoms with E-state index < -0.39 is 24.3 Å². The molecule has 0 aromatic carbocycles. The van der Waals surface area contributed by atoms with Crippen molar-refractivity contribution in [3.05, 3.63) is 54.2 Å². The van der Waals surface area contributed by atoms with Crippen molar-refractivity contribution < 1.29 is 55.3 Å². The summed E-state index contributed by atoms with van der Waals surface area (Å²) in [6, 6.07) is 7.21. The number of halogens is 7. The first kappa shape index (κ1) is 31.7. The minimum Gasteiger partial charge on any atom is -0.475 e. The van der Waals surface area contributed by atoms with Gasteiger partial charge in [-0.3, -0.25) is 9.88 Å². The summed E-state index contributed by atoms with van der Waals surface area (Å²) in [5.74, 6) is -5.51. The van der Waals surface area contributed by atoms with E-state index in [1.165, 1.54) is 11.6 Å². The molecule has 0 aliphatic carbocycles. The van der Waals surface area contributed by atoms with Gasteiger partial charge in [0.15, 0.2) is 11.6 Å². The minimum absolute atomic E-state index is 0.0998. The monoisotopic (exact) mass is 570 g/mol. The highest BCUT2D eigenvalue weighted by Gasteiger charge is 2.43. The van der Waals surface area contributed by atoms with Gasteiger partial charge in [-0.15, -0.1) is 0 Å². The molecule has 16 heteroatoms. The number of carboxylic acids is 2. The van der Waals surface area contributed by atoms with Crippen LogP contribution in [-0.4, -0.2) is 80.7 Å². The Balaban J connectivity index is 0.000000317. The summed E-state index contributed by atoms with van der Waals surface area (Å²) < 4.78 is 83.5. The van der Waals surface area contributed by atoms with Crippen LogP contribution >= 0.6 is 0 Å². The lowest BCUT2D eigenvalue weighted by Crippen LogP contribution is -2.47. The van der Waals surface area contributed by atoms with E-state index in [0.717, 1.165) is 38.9 Å². The topological polar surface area (TPSA) is 125 Å². The van der Waals surface area contributed by atoms with Gasteiger partial charge in [-0.05, 0) is 43.1 Å². The molecule has 1 spiro atoms. The summed E-state index contributed by atoms with van der Waals surface area (Å²) in [5, 5.41) is 17.5. The highest BCUT2D eigenvalue weighted by Crippen LogP contribution is 2.36. The van der Waals surface area contributed by atoms with Gasteiger partial charge >= 0.3 is 24.3 Å². The second-order valence-electron chi connectivity index (χ2n) is 8.65. The largest absolute Gasteiger partial charge is 0.490 e. The Morgan fingerprint density at radius 1 is 1.08 bits per heavy atom. The number of aromatic nitrogens is 2. The number of likely N-dealkylation sites (tertiary alicyclic amines) is 1. The third-order valence-electron chi connectivity index (χ3n) is 5.54. The molecule has 2 atom stereocenters. The lowest BCUT2D eigenvalue weighted by molar-refractivity contribution is -0.193. The van der Waals surface area contributed by atoms with Gasteiger partial charge in [-0.1, -0.05) is 6.07 Å². The average Bonchev–Trinajstić information content (AvgIpc) is 3.22. The van der Waals surface area contributed by atoms with Gasteiger partial charge in [0.1, 0.15) is 0 Å². The van der Waals surface area contributed by atoms with Crippen LogP contribution in [0.4, 0.5) is 36.6 Å². The van der Waals surface area contributed by atoms with E-state index >= 15 is 0 Å². The summed E-state index contributed by atoms with van der Waals surface area (Å²) >= 11 is 0. The van der Waals surface area contributed by atoms with Crippen LogP contribution in [0.3, 0.4) is 0 Å². The fraction of sp³-hybridized carbons (Fsp3) is 0.478. The molecule has 2 saturated heterocycles. The summed E-state index contributed by atoms with van der Waals surface area (Å²) in [5.41, 5.74) is 1.09. The number of hydrogen-bond acceptors (Lipinski definition) is 7. The molecule has 0 saturated carbocycles. The zero-order valence-electron chi connectivity index (χ0n) is 20.2. The minimum atomic E-state index is -5.08. The molecular weight excluding hydrogens is 545 g/mol. The third-order valence-corrected chi connectivity index (χ3v) is 5.54. The summed E-state index contributed by atoms with van der Waals surface area (Å²) in [6.07, 6.45) is -1.79. The van der Waals surface area contributed by atoms with Crippen molar-refractivity contribution in [2.45, 2.75) is 49.8 Å². The summed E-state index contributed by atoms with van der Waals surface area (Å²) in [7, 11) is 0. The number of piperidine rings is 1. The van der Waals surface area contributed by atoms with Crippen LogP contribution in [0.1, 0.15) is 24.8 Å². The number of nitrogens with zero attached hydrogens (tertiary/aromatic N) is 3. The Hall–Kier alpha value is -3.53. The smallest absolute Gasteiger partial charge is 0.475 e. The van der Waals surface area contributed by atoms with Gasteiger partial charge in [0.25, 0.3) is 0 Å². The van der Waals surface area contributed by atoms with Crippen LogP contribution in [0.5, 0.6) is 0 Å². The summed E-state index contributed by atoms with van der Waals surface area (Å²) in [4.78, 5) is 28.5. The molecule has 4 heterocycles. The van der Waals surface area contributed by atoms with Crippen LogP contribution in [0.2, 0.25) is 0 Å². The number of anilines is 1. The predicted molar refractivity (Wildman–Crippen MR) is 121 cm³/mol. The van der Waals surface area contributed by atoms with Crippen LogP contribution in [0.25, 0.3) is 0 Å². The van der Waals surface area contributed by atoms with Gasteiger partial charge in [-0.25, -0.2) is 19.0 Å². The highest BCUT2D eigenvalue weighted by molar-refractivity contribution is 5.73. The molecule has 3 N–H and O–H groups in total. The first-order chi connectivity index (χ1) is 18.1. The Bertz CT molecular complexity index is 1060. The molecule has 2 aliphatic rings. The SMILES string of the molecule is Fc1cccnc1NC1COC2(CCCN(Cc3cccnc3)C2)C1.O=C(O)C(F)(F)F.O=C(O)C(F)(F)F. The standard InChI is InChI=1S/C19H23FN4O.2C2HF3O2/c20-17-5-2-8-22-18(17)23-16-10-19(25-13-16)6-3-9-24(14-19)12-15-4-1-7-21-11-15;2*3-2(4,5)1(6)7/h1-2,4-5,7-8,11,16H,3,6,9-10,12-14H2,(H,22,23);2*(H,6,7). The number of rotatable bonds is 4. The van der Waals surface area contributed by atoms with Crippen molar-refractivity contribution in [2.24, 2.45) is 0 Å². The van der Waals surface area contributed by atoms with Crippen LogP contribution < -0.4 is 5.32 Å². The molecule has 4 rings (SSSR count). The van der Waals surface area contributed by atoms with E-state index in [1.54, 1.807) is 18.5 Å². The van der Waals surface area contributed by atoms with Gasteiger partial charge < -0.3 is 20.3 Å². The molecule has 0 radical (unpaired) electrons. The Kier molecular flexibility index (Phi) is 11.0. The van der Waals surface area contributed by atoms with Crippen LogP contribution in [0, 0.1) is 5.82 Å². The second-order valence-corrected chi connectivity index (χ2v) is 8.65. The molecule has 2 fully saturated rings. The van der Waals surface area contributed by atoms with Crippen molar-refractivity contribution in [1.29, 1.82) is 0 Å². The number of ether oxygens (including phenoxy) is 1. The van der Waals surface area contributed by atoms with Gasteiger partial charge in [-0.2, -0.15) is 26.3 Å². The van der Waals surface area contributed by atoms with E-state index in [0.29, 0.717) is 12.4 Å². The molecule has 2 aromatic heterocycles. The zero-order chi connectivity index (χ0) is 29.3. The quantitative estimate of drug-likeness (QED) is 0.466. The Morgan fingerprint density at radius 2 is 1.69 bits per heavy atom. The van der Waals surface area contributed by atoms with E-state index in [2.05, 4.69) is 26.3 Å². The molecule has 2 unspecified atom stereocenters.